The summed E-state index contributed by atoms with van der Waals surface area (Å²) < 4.78 is 0. The minimum Gasteiger partial charge on any atom is -0.293 e. The molecular weight excluding hydrogens is 300 g/mol. The van der Waals surface area contributed by atoms with E-state index in [1.807, 2.05) is 0 Å². The Labute approximate surface area is 135 Å². The Bertz CT molecular complexity index is 569. The molecule has 0 bridgehead atoms. The highest BCUT2D eigenvalue weighted by molar-refractivity contribution is 7.09. The first-order valence-corrected chi connectivity index (χ1v) is 9.02. The van der Waals surface area contributed by atoms with Crippen molar-refractivity contribution in [3.63, 3.8) is 0 Å². The number of aromatic nitrogens is 1. The molecule has 2 heterocycles. The number of rotatable bonds is 5. The van der Waals surface area contributed by atoms with Crippen LogP contribution < -0.4 is 0 Å². The van der Waals surface area contributed by atoms with Crippen LogP contribution in [0.25, 0.3) is 0 Å². The maximum atomic E-state index is 5.88. The van der Waals surface area contributed by atoms with Crippen molar-refractivity contribution >= 4 is 22.9 Å². The summed E-state index contributed by atoms with van der Waals surface area (Å²) in [5.74, 6) is 1.17. The normalized spacial score (nSPS) is 20.8. The van der Waals surface area contributed by atoms with Gasteiger partial charge in [-0.2, -0.15) is 0 Å². The van der Waals surface area contributed by atoms with E-state index in [2.05, 4.69) is 52.5 Å². The number of nitrogens with zero attached hydrogens (tertiary/aromatic N) is 2. The van der Waals surface area contributed by atoms with Crippen LogP contribution in [0.5, 0.6) is 0 Å². The van der Waals surface area contributed by atoms with Crippen LogP contribution in [0.3, 0.4) is 0 Å². The molecule has 1 saturated heterocycles. The zero-order chi connectivity index (χ0) is 14.7. The number of hydrogen-bond acceptors (Lipinski definition) is 3. The molecule has 1 fully saturated rings. The largest absolute Gasteiger partial charge is 0.293 e. The topological polar surface area (TPSA) is 16.1 Å². The summed E-state index contributed by atoms with van der Waals surface area (Å²) in [6, 6.07) is 11.3. The van der Waals surface area contributed by atoms with E-state index in [0.29, 0.717) is 17.8 Å². The Morgan fingerprint density at radius 3 is 2.86 bits per heavy atom. The second-order valence-electron chi connectivity index (χ2n) is 5.63. The summed E-state index contributed by atoms with van der Waals surface area (Å²) >= 11 is 7.64. The van der Waals surface area contributed by atoms with Gasteiger partial charge >= 0.3 is 0 Å². The van der Waals surface area contributed by atoms with Crippen LogP contribution in [0.2, 0.25) is 0 Å². The molecule has 1 aromatic carbocycles. The van der Waals surface area contributed by atoms with E-state index in [1.165, 1.54) is 17.0 Å². The van der Waals surface area contributed by atoms with Crippen LogP contribution in [0.1, 0.15) is 48.0 Å². The summed E-state index contributed by atoms with van der Waals surface area (Å²) in [7, 11) is 0. The third kappa shape index (κ3) is 3.31. The van der Waals surface area contributed by atoms with E-state index in [0.717, 1.165) is 25.2 Å². The molecule has 0 N–H and O–H groups in total. The fourth-order valence-electron chi connectivity index (χ4n) is 3.19. The SMILES string of the molecule is CCC(c1nc(CCl)cs1)N1CCC(c2ccccc2)C1. The van der Waals surface area contributed by atoms with Gasteiger partial charge in [-0.15, -0.1) is 22.9 Å². The summed E-state index contributed by atoms with van der Waals surface area (Å²) in [5, 5.41) is 3.32. The van der Waals surface area contributed by atoms with Crippen molar-refractivity contribution in [2.24, 2.45) is 0 Å². The van der Waals surface area contributed by atoms with E-state index in [1.54, 1.807) is 11.3 Å². The van der Waals surface area contributed by atoms with Crippen LogP contribution in [-0.2, 0) is 5.88 Å². The monoisotopic (exact) mass is 320 g/mol. The lowest BCUT2D eigenvalue weighted by Gasteiger charge is -2.25. The Morgan fingerprint density at radius 2 is 2.19 bits per heavy atom. The third-order valence-electron chi connectivity index (χ3n) is 4.31. The first-order chi connectivity index (χ1) is 10.3. The van der Waals surface area contributed by atoms with Gasteiger partial charge in [-0.1, -0.05) is 37.3 Å². The zero-order valence-electron chi connectivity index (χ0n) is 12.3. The fourth-order valence-corrected chi connectivity index (χ4v) is 4.46. The second kappa shape index (κ2) is 6.91. The zero-order valence-corrected chi connectivity index (χ0v) is 13.9. The molecule has 0 radical (unpaired) electrons. The summed E-state index contributed by atoms with van der Waals surface area (Å²) in [6.45, 7) is 4.55. The van der Waals surface area contributed by atoms with E-state index >= 15 is 0 Å². The molecule has 1 aromatic heterocycles. The van der Waals surface area contributed by atoms with Gasteiger partial charge in [-0.25, -0.2) is 4.98 Å². The van der Waals surface area contributed by atoms with Gasteiger partial charge in [0, 0.05) is 11.9 Å². The first kappa shape index (κ1) is 15.0. The number of hydrogen-bond donors (Lipinski definition) is 0. The van der Waals surface area contributed by atoms with Gasteiger partial charge in [0.05, 0.1) is 17.6 Å². The van der Waals surface area contributed by atoms with E-state index in [4.69, 9.17) is 11.6 Å². The van der Waals surface area contributed by atoms with Gasteiger partial charge in [0.2, 0.25) is 0 Å². The van der Waals surface area contributed by atoms with Crippen molar-refractivity contribution in [2.75, 3.05) is 13.1 Å². The predicted octanol–water partition coefficient (Wildman–Crippen LogP) is 4.82. The number of likely N-dealkylation sites (tertiary alicyclic amines) is 1. The maximum Gasteiger partial charge on any atom is 0.110 e. The molecule has 21 heavy (non-hydrogen) atoms. The highest BCUT2D eigenvalue weighted by atomic mass is 35.5. The average molecular weight is 321 g/mol. The van der Waals surface area contributed by atoms with E-state index in [9.17, 15) is 0 Å². The van der Waals surface area contributed by atoms with Crippen LogP contribution in [0.15, 0.2) is 35.7 Å². The van der Waals surface area contributed by atoms with Crippen molar-refractivity contribution in [2.45, 2.75) is 37.6 Å². The summed E-state index contributed by atoms with van der Waals surface area (Å²) in [6.07, 6.45) is 2.35. The van der Waals surface area contributed by atoms with Gasteiger partial charge in [0.15, 0.2) is 0 Å². The second-order valence-corrected chi connectivity index (χ2v) is 6.78. The van der Waals surface area contributed by atoms with Crippen LogP contribution in [-0.4, -0.2) is 23.0 Å². The van der Waals surface area contributed by atoms with Crippen molar-refractivity contribution in [1.82, 2.24) is 9.88 Å². The van der Waals surface area contributed by atoms with Crippen LogP contribution in [0, 0.1) is 0 Å². The minimum absolute atomic E-state index is 0.445. The molecule has 2 unspecified atom stereocenters. The molecule has 3 rings (SSSR count). The van der Waals surface area contributed by atoms with Crippen molar-refractivity contribution in [1.29, 1.82) is 0 Å². The van der Waals surface area contributed by atoms with Crippen molar-refractivity contribution < 1.29 is 0 Å². The minimum atomic E-state index is 0.445. The molecule has 0 aliphatic carbocycles. The molecule has 112 valence electrons. The lowest BCUT2D eigenvalue weighted by atomic mass is 9.99. The summed E-state index contributed by atoms with van der Waals surface area (Å²) in [5.41, 5.74) is 2.48. The number of alkyl halides is 1. The Morgan fingerprint density at radius 1 is 1.38 bits per heavy atom. The van der Waals surface area contributed by atoms with Crippen molar-refractivity contribution in [3.05, 3.63) is 52.0 Å². The van der Waals surface area contributed by atoms with Crippen LogP contribution in [0.4, 0.5) is 0 Å². The quantitative estimate of drug-likeness (QED) is 0.734. The standard InChI is InChI=1S/C17H21ClN2S/c1-2-16(17-19-15(10-18)12-21-17)20-9-8-14(11-20)13-6-4-3-5-7-13/h3-7,12,14,16H,2,8-11H2,1H3. The Hall–Kier alpha value is -0.900. The predicted molar refractivity (Wildman–Crippen MR) is 90.1 cm³/mol. The molecule has 2 aromatic rings. The molecule has 1 aliphatic rings. The Kier molecular flexibility index (Phi) is 4.94. The lowest BCUT2D eigenvalue weighted by Crippen LogP contribution is -2.26. The fraction of sp³-hybridized carbons (Fsp3) is 0.471. The third-order valence-corrected chi connectivity index (χ3v) is 5.58. The van der Waals surface area contributed by atoms with Crippen LogP contribution >= 0.6 is 22.9 Å². The van der Waals surface area contributed by atoms with Crippen molar-refractivity contribution in [3.8, 4) is 0 Å². The van der Waals surface area contributed by atoms with E-state index < -0.39 is 0 Å². The highest BCUT2D eigenvalue weighted by Crippen LogP contribution is 2.35. The molecule has 2 nitrogen and oxygen atoms in total. The van der Waals surface area contributed by atoms with Gasteiger partial charge in [-0.05, 0) is 30.9 Å². The first-order valence-electron chi connectivity index (χ1n) is 7.61. The highest BCUT2D eigenvalue weighted by Gasteiger charge is 2.30. The molecule has 4 heteroatoms. The number of benzene rings is 1. The van der Waals surface area contributed by atoms with Gasteiger partial charge in [-0.3, -0.25) is 4.90 Å². The maximum absolute atomic E-state index is 5.88. The molecule has 0 amide bonds. The molecule has 2 atom stereocenters. The van der Waals surface area contributed by atoms with Gasteiger partial charge < -0.3 is 0 Å². The number of halogens is 1. The molecule has 1 aliphatic heterocycles. The summed E-state index contributed by atoms with van der Waals surface area (Å²) in [4.78, 5) is 7.28. The smallest absolute Gasteiger partial charge is 0.110 e. The molecular formula is C17H21ClN2S. The Balaban J connectivity index is 1.71. The average Bonchev–Trinajstić information content (AvgIpc) is 3.19. The molecule has 0 saturated carbocycles. The van der Waals surface area contributed by atoms with Gasteiger partial charge in [0.1, 0.15) is 5.01 Å². The lowest BCUT2D eigenvalue weighted by molar-refractivity contribution is 0.236. The van der Waals surface area contributed by atoms with Gasteiger partial charge in [0.25, 0.3) is 0 Å². The molecule has 0 spiro atoms. The number of thiazole rings is 1. The van der Waals surface area contributed by atoms with E-state index in [-0.39, 0.29) is 0 Å².